The predicted molar refractivity (Wildman–Crippen MR) is 124 cm³/mol. The van der Waals surface area contributed by atoms with Crippen LogP contribution < -0.4 is 4.90 Å². The van der Waals surface area contributed by atoms with Crippen molar-refractivity contribution in [2.75, 3.05) is 24.5 Å². The van der Waals surface area contributed by atoms with Gasteiger partial charge in [0.2, 0.25) is 5.91 Å². The molecule has 0 unspecified atom stereocenters. The van der Waals surface area contributed by atoms with Crippen LogP contribution in [0.15, 0.2) is 42.7 Å². The molecule has 1 fully saturated rings. The van der Waals surface area contributed by atoms with Crippen LogP contribution in [0.2, 0.25) is 0 Å². The highest BCUT2D eigenvalue weighted by atomic mass is 16.2. The van der Waals surface area contributed by atoms with Crippen LogP contribution in [0.3, 0.4) is 0 Å². The van der Waals surface area contributed by atoms with Crippen molar-refractivity contribution in [3.63, 3.8) is 0 Å². The number of hydrogen-bond acceptors (Lipinski definition) is 5. The van der Waals surface area contributed by atoms with E-state index in [2.05, 4.69) is 17.2 Å². The van der Waals surface area contributed by atoms with E-state index in [4.69, 9.17) is 9.97 Å². The molecule has 3 aromatic rings. The molecule has 0 N–H and O–H groups in total. The minimum absolute atomic E-state index is 0.0139. The molecule has 170 valence electrons. The van der Waals surface area contributed by atoms with E-state index in [-0.39, 0.29) is 17.7 Å². The van der Waals surface area contributed by atoms with E-state index in [1.807, 2.05) is 34.9 Å². The molecule has 0 saturated carbocycles. The van der Waals surface area contributed by atoms with Gasteiger partial charge in [0.15, 0.2) is 0 Å². The van der Waals surface area contributed by atoms with Gasteiger partial charge in [0.05, 0.1) is 11.8 Å². The highest BCUT2D eigenvalue weighted by Gasteiger charge is 2.33. The molecule has 1 saturated heterocycles. The summed E-state index contributed by atoms with van der Waals surface area (Å²) in [7, 11) is 1.80. The summed E-state index contributed by atoms with van der Waals surface area (Å²) in [5.41, 5.74) is 3.79. The van der Waals surface area contributed by atoms with Crippen LogP contribution in [0.25, 0.3) is 0 Å². The summed E-state index contributed by atoms with van der Waals surface area (Å²) in [6, 6.07) is 10.2. The van der Waals surface area contributed by atoms with Gasteiger partial charge in [-0.15, -0.1) is 0 Å². The normalized spacial score (nSPS) is 18.0. The Morgan fingerprint density at radius 3 is 2.73 bits per heavy atom. The van der Waals surface area contributed by atoms with Crippen molar-refractivity contribution in [1.29, 1.82) is 0 Å². The fourth-order valence-corrected chi connectivity index (χ4v) is 4.77. The zero-order valence-electron chi connectivity index (χ0n) is 19.1. The second-order valence-corrected chi connectivity index (χ2v) is 8.89. The molecule has 2 aliphatic rings. The lowest BCUT2D eigenvalue weighted by Gasteiger charge is -2.30. The zero-order chi connectivity index (χ0) is 22.9. The summed E-state index contributed by atoms with van der Waals surface area (Å²) in [6.45, 7) is 3.84. The standard InChI is InChI=1S/C25H28N6O2/c1-17-21-8-9-22(32)31(13-10-18-6-4-3-5-7-18)24(21)28-23(27-17)19-11-12-30(16-19)25(33)20-14-26-29(2)15-20/h3-7,14-15,19H,8-13,16H2,1-2H3/t19-/m1/s1. The van der Waals surface area contributed by atoms with Crippen molar-refractivity contribution in [3.05, 3.63) is 70.9 Å². The molecule has 33 heavy (non-hydrogen) atoms. The maximum Gasteiger partial charge on any atom is 0.257 e. The van der Waals surface area contributed by atoms with E-state index in [9.17, 15) is 9.59 Å². The molecule has 2 amide bonds. The van der Waals surface area contributed by atoms with Gasteiger partial charge in [0, 0.05) is 56.5 Å². The Bertz CT molecular complexity index is 1190. The molecule has 0 bridgehead atoms. The molecule has 8 heteroatoms. The third-order valence-corrected chi connectivity index (χ3v) is 6.61. The van der Waals surface area contributed by atoms with Gasteiger partial charge >= 0.3 is 0 Å². The summed E-state index contributed by atoms with van der Waals surface area (Å²) in [4.78, 5) is 39.1. The van der Waals surface area contributed by atoms with Gasteiger partial charge in [-0.25, -0.2) is 9.97 Å². The molecule has 2 aromatic heterocycles. The number of carbonyl (C=O) groups excluding carboxylic acids is 2. The summed E-state index contributed by atoms with van der Waals surface area (Å²) < 4.78 is 1.64. The molecule has 2 aliphatic heterocycles. The Morgan fingerprint density at radius 1 is 1.15 bits per heavy atom. The largest absolute Gasteiger partial charge is 0.338 e. The predicted octanol–water partition coefficient (Wildman–Crippen LogP) is 2.67. The monoisotopic (exact) mass is 444 g/mol. The van der Waals surface area contributed by atoms with Gasteiger partial charge in [-0.2, -0.15) is 5.10 Å². The lowest BCUT2D eigenvalue weighted by molar-refractivity contribution is -0.118. The first-order valence-electron chi connectivity index (χ1n) is 11.5. The molecule has 1 aromatic carbocycles. The smallest absolute Gasteiger partial charge is 0.257 e. The summed E-state index contributed by atoms with van der Waals surface area (Å²) >= 11 is 0. The molecular formula is C25H28N6O2. The fraction of sp³-hybridized carbons (Fsp3) is 0.400. The Balaban J connectivity index is 1.37. The van der Waals surface area contributed by atoms with E-state index < -0.39 is 0 Å². The molecule has 0 spiro atoms. The van der Waals surface area contributed by atoms with E-state index in [0.717, 1.165) is 35.7 Å². The number of aromatic nitrogens is 4. The maximum atomic E-state index is 12.8. The Kier molecular flexibility index (Phi) is 5.66. The quantitative estimate of drug-likeness (QED) is 0.604. The van der Waals surface area contributed by atoms with Crippen LogP contribution in [-0.2, 0) is 24.7 Å². The summed E-state index contributed by atoms with van der Waals surface area (Å²) in [5.74, 6) is 1.64. The average Bonchev–Trinajstić information content (AvgIpc) is 3.48. The molecule has 4 heterocycles. The molecule has 8 nitrogen and oxygen atoms in total. The number of rotatable bonds is 5. The van der Waals surface area contributed by atoms with Crippen LogP contribution in [0, 0.1) is 6.92 Å². The fourth-order valence-electron chi connectivity index (χ4n) is 4.77. The Hall–Kier alpha value is -3.55. The average molecular weight is 445 g/mol. The van der Waals surface area contributed by atoms with Gasteiger partial charge in [0.1, 0.15) is 11.6 Å². The van der Waals surface area contributed by atoms with Crippen LogP contribution in [0.4, 0.5) is 5.82 Å². The Labute approximate surface area is 193 Å². The summed E-state index contributed by atoms with van der Waals surface area (Å²) in [6.07, 6.45) is 6.10. The minimum atomic E-state index is -0.0139. The number of fused-ring (bicyclic) bond motifs is 1. The van der Waals surface area contributed by atoms with Gasteiger partial charge in [-0.05, 0) is 31.7 Å². The number of aryl methyl sites for hydroxylation is 2. The topological polar surface area (TPSA) is 84.2 Å². The molecule has 1 atom stereocenters. The number of benzene rings is 1. The summed E-state index contributed by atoms with van der Waals surface area (Å²) in [5, 5.41) is 4.11. The lowest BCUT2D eigenvalue weighted by atomic mass is 10.0. The lowest BCUT2D eigenvalue weighted by Crippen LogP contribution is -2.38. The number of anilines is 1. The minimum Gasteiger partial charge on any atom is -0.338 e. The van der Waals surface area contributed by atoms with Crippen molar-refractivity contribution < 1.29 is 9.59 Å². The van der Waals surface area contributed by atoms with Crippen LogP contribution in [0.5, 0.6) is 0 Å². The number of nitrogens with zero attached hydrogens (tertiary/aromatic N) is 6. The van der Waals surface area contributed by atoms with Gasteiger partial charge in [0.25, 0.3) is 5.91 Å². The number of amides is 2. The van der Waals surface area contributed by atoms with Crippen molar-refractivity contribution >= 4 is 17.6 Å². The molecule has 0 aliphatic carbocycles. The maximum absolute atomic E-state index is 12.8. The number of carbonyl (C=O) groups is 2. The number of hydrogen-bond donors (Lipinski definition) is 0. The molecule has 0 radical (unpaired) electrons. The van der Waals surface area contributed by atoms with Crippen molar-refractivity contribution in [2.45, 2.75) is 38.5 Å². The van der Waals surface area contributed by atoms with E-state index in [1.165, 1.54) is 5.56 Å². The van der Waals surface area contributed by atoms with Crippen molar-refractivity contribution in [3.8, 4) is 0 Å². The first kappa shape index (κ1) is 21.3. The second-order valence-electron chi connectivity index (χ2n) is 8.89. The molecule has 5 rings (SSSR count). The third kappa shape index (κ3) is 4.25. The van der Waals surface area contributed by atoms with Gasteiger partial charge in [-0.1, -0.05) is 30.3 Å². The first-order valence-corrected chi connectivity index (χ1v) is 11.5. The van der Waals surface area contributed by atoms with Gasteiger partial charge in [-0.3, -0.25) is 19.2 Å². The second kappa shape index (κ2) is 8.77. The van der Waals surface area contributed by atoms with E-state index in [1.54, 1.807) is 24.1 Å². The Morgan fingerprint density at radius 2 is 1.97 bits per heavy atom. The van der Waals surface area contributed by atoms with Crippen LogP contribution in [0.1, 0.15) is 51.8 Å². The van der Waals surface area contributed by atoms with Crippen molar-refractivity contribution in [2.24, 2.45) is 7.05 Å². The third-order valence-electron chi connectivity index (χ3n) is 6.61. The molecular weight excluding hydrogens is 416 g/mol. The van der Waals surface area contributed by atoms with E-state index >= 15 is 0 Å². The SMILES string of the molecule is Cc1nc([C@@H]2CCN(C(=O)c3cnn(C)c3)C2)nc2c1CCC(=O)N2CCc1ccccc1. The zero-order valence-corrected chi connectivity index (χ0v) is 19.1. The van der Waals surface area contributed by atoms with Crippen LogP contribution in [-0.4, -0.2) is 56.1 Å². The van der Waals surface area contributed by atoms with Crippen LogP contribution >= 0.6 is 0 Å². The number of likely N-dealkylation sites (tertiary alicyclic amines) is 1. The highest BCUT2D eigenvalue weighted by molar-refractivity contribution is 5.95. The van der Waals surface area contributed by atoms with Gasteiger partial charge < -0.3 is 4.90 Å². The first-order chi connectivity index (χ1) is 16.0. The highest BCUT2D eigenvalue weighted by Crippen LogP contribution is 2.32. The van der Waals surface area contributed by atoms with Crippen molar-refractivity contribution in [1.82, 2.24) is 24.6 Å². The van der Waals surface area contributed by atoms with E-state index in [0.29, 0.717) is 38.0 Å².